The second kappa shape index (κ2) is 5.89. The molecule has 18 heavy (non-hydrogen) atoms. The molecule has 0 aromatic heterocycles. The molecular weight excluding hydrogens is 290 g/mol. The van der Waals surface area contributed by atoms with Crippen molar-refractivity contribution >= 4 is 15.9 Å². The van der Waals surface area contributed by atoms with Gasteiger partial charge in [0, 0.05) is 4.47 Å². The molecule has 1 heterocycles. The zero-order valence-electron chi connectivity index (χ0n) is 11.2. The van der Waals surface area contributed by atoms with Crippen LogP contribution in [0.5, 0.6) is 0 Å². The standard InChI is InChI=1S/C15H20BrNO/c1-10-8-12(9-11(2)14(10)16)15(17-3)13-6-4-5-7-18-13/h6,8-9,15,17H,4-5,7H2,1-3H3. The summed E-state index contributed by atoms with van der Waals surface area (Å²) in [5.74, 6) is 1.06. The zero-order chi connectivity index (χ0) is 13.1. The van der Waals surface area contributed by atoms with Crippen LogP contribution in [0.3, 0.4) is 0 Å². The summed E-state index contributed by atoms with van der Waals surface area (Å²) < 4.78 is 6.98. The lowest BCUT2D eigenvalue weighted by molar-refractivity contribution is 0.169. The number of ether oxygens (including phenoxy) is 1. The van der Waals surface area contributed by atoms with Crippen molar-refractivity contribution in [2.45, 2.75) is 32.7 Å². The van der Waals surface area contributed by atoms with Gasteiger partial charge in [-0.05, 0) is 56.5 Å². The summed E-state index contributed by atoms with van der Waals surface area (Å²) in [6, 6.07) is 4.60. The predicted molar refractivity (Wildman–Crippen MR) is 78.7 cm³/mol. The van der Waals surface area contributed by atoms with E-state index in [1.807, 2.05) is 7.05 Å². The van der Waals surface area contributed by atoms with Gasteiger partial charge in [0.2, 0.25) is 0 Å². The van der Waals surface area contributed by atoms with Crippen molar-refractivity contribution in [2.75, 3.05) is 13.7 Å². The molecule has 0 amide bonds. The van der Waals surface area contributed by atoms with E-state index in [-0.39, 0.29) is 6.04 Å². The summed E-state index contributed by atoms with van der Waals surface area (Å²) in [5, 5.41) is 3.35. The lowest BCUT2D eigenvalue weighted by Gasteiger charge is -2.24. The Bertz CT molecular complexity index is 445. The highest BCUT2D eigenvalue weighted by Crippen LogP contribution is 2.30. The average Bonchev–Trinajstić information content (AvgIpc) is 2.38. The molecule has 2 rings (SSSR count). The van der Waals surface area contributed by atoms with Crippen LogP contribution in [0.25, 0.3) is 0 Å². The predicted octanol–water partition coefficient (Wildman–Crippen LogP) is 4.02. The molecule has 1 aliphatic heterocycles. The number of hydrogen-bond donors (Lipinski definition) is 1. The highest BCUT2D eigenvalue weighted by atomic mass is 79.9. The molecule has 1 atom stereocenters. The Labute approximate surface area is 118 Å². The normalized spacial score (nSPS) is 17.0. The fourth-order valence-electron chi connectivity index (χ4n) is 2.40. The molecule has 0 spiro atoms. The quantitative estimate of drug-likeness (QED) is 0.910. The topological polar surface area (TPSA) is 21.3 Å². The summed E-state index contributed by atoms with van der Waals surface area (Å²) in [4.78, 5) is 0. The number of halogens is 1. The van der Waals surface area contributed by atoms with E-state index in [0.29, 0.717) is 0 Å². The van der Waals surface area contributed by atoms with Gasteiger partial charge in [-0.2, -0.15) is 0 Å². The van der Waals surface area contributed by atoms with Crippen molar-refractivity contribution in [3.63, 3.8) is 0 Å². The number of rotatable bonds is 3. The summed E-state index contributed by atoms with van der Waals surface area (Å²) in [7, 11) is 1.98. The zero-order valence-corrected chi connectivity index (χ0v) is 12.8. The lowest BCUT2D eigenvalue weighted by Crippen LogP contribution is -2.22. The van der Waals surface area contributed by atoms with E-state index in [1.165, 1.54) is 21.2 Å². The van der Waals surface area contributed by atoms with Crippen LogP contribution >= 0.6 is 15.9 Å². The summed E-state index contributed by atoms with van der Waals surface area (Å²) >= 11 is 3.61. The van der Waals surface area contributed by atoms with Crippen molar-refractivity contribution in [3.05, 3.63) is 45.1 Å². The van der Waals surface area contributed by atoms with E-state index in [9.17, 15) is 0 Å². The molecular formula is C15H20BrNO. The Balaban J connectivity index is 2.35. The average molecular weight is 310 g/mol. The van der Waals surface area contributed by atoms with Gasteiger partial charge in [0.05, 0.1) is 12.6 Å². The van der Waals surface area contributed by atoms with Crippen LogP contribution in [0.4, 0.5) is 0 Å². The van der Waals surface area contributed by atoms with Crippen LogP contribution in [-0.4, -0.2) is 13.7 Å². The van der Waals surface area contributed by atoms with Crippen molar-refractivity contribution in [2.24, 2.45) is 0 Å². The first kappa shape index (κ1) is 13.6. The summed E-state index contributed by atoms with van der Waals surface area (Å²) in [5.41, 5.74) is 3.80. The first-order valence-corrected chi connectivity index (χ1v) is 7.19. The van der Waals surface area contributed by atoms with Crippen molar-refractivity contribution in [3.8, 4) is 0 Å². The van der Waals surface area contributed by atoms with Crippen LogP contribution in [0.15, 0.2) is 28.4 Å². The molecule has 1 unspecified atom stereocenters. The van der Waals surface area contributed by atoms with Gasteiger partial charge in [0.1, 0.15) is 5.76 Å². The minimum atomic E-state index is 0.163. The van der Waals surface area contributed by atoms with Crippen molar-refractivity contribution < 1.29 is 4.74 Å². The van der Waals surface area contributed by atoms with Crippen LogP contribution < -0.4 is 5.32 Å². The van der Waals surface area contributed by atoms with Crippen molar-refractivity contribution in [1.29, 1.82) is 0 Å². The van der Waals surface area contributed by atoms with Crippen LogP contribution in [0.2, 0.25) is 0 Å². The van der Waals surface area contributed by atoms with Gasteiger partial charge in [-0.1, -0.05) is 28.1 Å². The Morgan fingerprint density at radius 1 is 1.28 bits per heavy atom. The van der Waals surface area contributed by atoms with Crippen LogP contribution in [0, 0.1) is 13.8 Å². The fraction of sp³-hybridized carbons (Fsp3) is 0.467. The smallest absolute Gasteiger partial charge is 0.113 e. The Morgan fingerprint density at radius 3 is 2.44 bits per heavy atom. The van der Waals surface area contributed by atoms with Gasteiger partial charge >= 0.3 is 0 Å². The van der Waals surface area contributed by atoms with Crippen molar-refractivity contribution in [1.82, 2.24) is 5.32 Å². The first-order chi connectivity index (χ1) is 8.63. The van der Waals surface area contributed by atoms with Gasteiger partial charge in [0.15, 0.2) is 0 Å². The molecule has 0 saturated heterocycles. The van der Waals surface area contributed by atoms with E-state index in [2.05, 4.69) is 53.3 Å². The minimum Gasteiger partial charge on any atom is -0.496 e. The van der Waals surface area contributed by atoms with E-state index >= 15 is 0 Å². The third kappa shape index (κ3) is 2.78. The second-order valence-electron chi connectivity index (χ2n) is 4.79. The third-order valence-electron chi connectivity index (χ3n) is 3.33. The molecule has 1 aliphatic rings. The van der Waals surface area contributed by atoms with Gasteiger partial charge in [0.25, 0.3) is 0 Å². The van der Waals surface area contributed by atoms with E-state index < -0.39 is 0 Å². The third-order valence-corrected chi connectivity index (χ3v) is 4.58. The number of nitrogens with one attached hydrogen (secondary N) is 1. The molecule has 0 bridgehead atoms. The van der Waals surface area contributed by atoms with Gasteiger partial charge in [-0.3, -0.25) is 0 Å². The van der Waals surface area contributed by atoms with E-state index in [4.69, 9.17) is 4.74 Å². The highest BCUT2D eigenvalue weighted by molar-refractivity contribution is 9.10. The Morgan fingerprint density at radius 2 is 1.94 bits per heavy atom. The monoisotopic (exact) mass is 309 g/mol. The molecule has 2 nitrogen and oxygen atoms in total. The number of hydrogen-bond acceptors (Lipinski definition) is 2. The largest absolute Gasteiger partial charge is 0.496 e. The number of allylic oxidation sites excluding steroid dienone is 1. The van der Waals surface area contributed by atoms with Gasteiger partial charge in [-0.15, -0.1) is 0 Å². The first-order valence-electron chi connectivity index (χ1n) is 6.40. The molecule has 1 aromatic rings. The maximum absolute atomic E-state index is 5.78. The summed E-state index contributed by atoms with van der Waals surface area (Å²) in [6.07, 6.45) is 4.44. The molecule has 98 valence electrons. The Kier molecular flexibility index (Phi) is 4.46. The minimum absolute atomic E-state index is 0.163. The molecule has 1 N–H and O–H groups in total. The maximum Gasteiger partial charge on any atom is 0.113 e. The molecule has 0 radical (unpaired) electrons. The van der Waals surface area contributed by atoms with E-state index in [0.717, 1.165) is 25.2 Å². The second-order valence-corrected chi connectivity index (χ2v) is 5.58. The molecule has 3 heteroatoms. The van der Waals surface area contributed by atoms with E-state index in [1.54, 1.807) is 0 Å². The maximum atomic E-state index is 5.78. The number of aryl methyl sites for hydroxylation is 2. The Hall–Kier alpha value is -0.800. The number of benzene rings is 1. The summed E-state index contributed by atoms with van der Waals surface area (Å²) in [6.45, 7) is 5.09. The van der Waals surface area contributed by atoms with Gasteiger partial charge in [-0.25, -0.2) is 0 Å². The molecule has 0 fully saturated rings. The lowest BCUT2D eigenvalue weighted by atomic mass is 9.99. The van der Waals surface area contributed by atoms with Crippen LogP contribution in [-0.2, 0) is 4.74 Å². The SMILES string of the molecule is CNC(C1=CCCCO1)c1cc(C)c(Br)c(C)c1. The molecule has 0 aliphatic carbocycles. The fourth-order valence-corrected chi connectivity index (χ4v) is 2.63. The molecule has 0 saturated carbocycles. The molecule has 1 aromatic carbocycles. The number of likely N-dealkylation sites (N-methyl/N-ethyl adjacent to an activating group) is 1. The van der Waals surface area contributed by atoms with Gasteiger partial charge < -0.3 is 10.1 Å². The highest BCUT2D eigenvalue weighted by Gasteiger charge is 2.19. The van der Waals surface area contributed by atoms with Crippen LogP contribution in [0.1, 0.15) is 35.6 Å².